The van der Waals surface area contributed by atoms with Crippen molar-refractivity contribution in [1.29, 1.82) is 0 Å². The molecule has 0 saturated carbocycles. The van der Waals surface area contributed by atoms with Crippen LogP contribution in [-0.4, -0.2) is 4.57 Å². The molecule has 0 bridgehead atoms. The quantitative estimate of drug-likeness (QED) is 0.927. The Hall–Kier alpha value is -2.03. The van der Waals surface area contributed by atoms with E-state index < -0.39 is 0 Å². The van der Waals surface area contributed by atoms with Crippen LogP contribution in [0.1, 0.15) is 38.8 Å². The van der Waals surface area contributed by atoms with Crippen molar-refractivity contribution in [3.63, 3.8) is 0 Å². The predicted octanol–water partition coefficient (Wildman–Crippen LogP) is 3.78. The van der Waals surface area contributed by atoms with Crippen LogP contribution in [0.2, 0.25) is 0 Å². The molecule has 2 rings (SSSR count). The molecule has 0 unspecified atom stereocenters. The lowest BCUT2D eigenvalue weighted by Gasteiger charge is -2.19. The molecular weight excluding hydrogens is 260 g/mol. The van der Waals surface area contributed by atoms with Crippen molar-refractivity contribution in [3.05, 3.63) is 64.1 Å². The van der Waals surface area contributed by atoms with Gasteiger partial charge in [0.25, 0.3) is 5.56 Å². The normalized spacial score (nSPS) is 11.4. The van der Waals surface area contributed by atoms with Crippen LogP contribution in [0.25, 0.3) is 0 Å². The summed E-state index contributed by atoms with van der Waals surface area (Å²) in [5, 5.41) is 3.36. The van der Waals surface area contributed by atoms with Gasteiger partial charge in [0.15, 0.2) is 0 Å². The number of hydrogen-bond donors (Lipinski definition) is 1. The largest absolute Gasteiger partial charge is 0.380 e. The predicted molar refractivity (Wildman–Crippen MR) is 88.8 cm³/mol. The topological polar surface area (TPSA) is 34.0 Å². The van der Waals surface area contributed by atoms with Gasteiger partial charge in [-0.3, -0.25) is 4.79 Å². The van der Waals surface area contributed by atoms with Gasteiger partial charge in [0.1, 0.15) is 0 Å². The van der Waals surface area contributed by atoms with Crippen molar-refractivity contribution in [2.75, 3.05) is 5.32 Å². The van der Waals surface area contributed by atoms with Gasteiger partial charge in [0.05, 0.1) is 5.69 Å². The van der Waals surface area contributed by atoms with Crippen LogP contribution >= 0.6 is 0 Å². The van der Waals surface area contributed by atoms with Crippen molar-refractivity contribution in [2.45, 2.75) is 46.2 Å². The van der Waals surface area contributed by atoms with Gasteiger partial charge in [0.2, 0.25) is 0 Å². The second-order valence-corrected chi connectivity index (χ2v) is 6.34. The number of anilines is 1. The summed E-state index contributed by atoms with van der Waals surface area (Å²) in [7, 11) is 0. The summed E-state index contributed by atoms with van der Waals surface area (Å²) in [6.45, 7) is 10.1. The maximum atomic E-state index is 11.5. The number of hydrogen-bond acceptors (Lipinski definition) is 2. The van der Waals surface area contributed by atoms with Gasteiger partial charge >= 0.3 is 0 Å². The van der Waals surface area contributed by atoms with Crippen LogP contribution in [0.5, 0.6) is 0 Å². The van der Waals surface area contributed by atoms with Crippen LogP contribution in [0.3, 0.4) is 0 Å². The van der Waals surface area contributed by atoms with E-state index in [0.717, 1.165) is 12.2 Å². The Morgan fingerprint density at radius 3 is 2.29 bits per heavy atom. The molecule has 2 aromatic rings. The van der Waals surface area contributed by atoms with Crippen molar-refractivity contribution in [2.24, 2.45) is 0 Å². The van der Waals surface area contributed by atoms with E-state index >= 15 is 0 Å². The minimum absolute atomic E-state index is 0.0394. The number of nitrogens with one attached hydrogen (secondary N) is 1. The Morgan fingerprint density at radius 2 is 1.71 bits per heavy atom. The van der Waals surface area contributed by atoms with Gasteiger partial charge in [-0.05, 0) is 29.5 Å². The lowest BCUT2D eigenvalue weighted by Crippen LogP contribution is -2.17. The smallest absolute Gasteiger partial charge is 0.250 e. The number of benzene rings is 1. The molecule has 0 aliphatic heterocycles. The zero-order chi connectivity index (χ0) is 15.5. The fourth-order valence-electron chi connectivity index (χ4n) is 2.21. The SMILES string of the molecule is CCn1cc(NCc2ccc(C(C)(C)C)cc2)ccc1=O. The van der Waals surface area contributed by atoms with Gasteiger partial charge < -0.3 is 9.88 Å². The highest BCUT2D eigenvalue weighted by Crippen LogP contribution is 2.22. The number of nitrogens with zero attached hydrogens (tertiary/aromatic N) is 1. The Labute approximate surface area is 126 Å². The molecular formula is C18H24N2O. The molecule has 21 heavy (non-hydrogen) atoms. The van der Waals surface area contributed by atoms with E-state index in [2.05, 4.69) is 50.4 Å². The molecule has 1 heterocycles. The second kappa shape index (κ2) is 6.17. The molecule has 0 amide bonds. The third-order valence-electron chi connectivity index (χ3n) is 3.64. The second-order valence-electron chi connectivity index (χ2n) is 6.34. The molecule has 0 saturated heterocycles. The molecule has 0 fully saturated rings. The van der Waals surface area contributed by atoms with Gasteiger partial charge in [0, 0.05) is 25.4 Å². The van der Waals surface area contributed by atoms with Crippen LogP contribution < -0.4 is 10.9 Å². The molecule has 0 aliphatic rings. The fourth-order valence-corrected chi connectivity index (χ4v) is 2.21. The minimum Gasteiger partial charge on any atom is -0.380 e. The molecule has 1 aromatic carbocycles. The summed E-state index contributed by atoms with van der Waals surface area (Å²) in [5.74, 6) is 0. The highest BCUT2D eigenvalue weighted by Gasteiger charge is 2.12. The third kappa shape index (κ3) is 3.97. The Balaban J connectivity index is 2.05. The minimum atomic E-state index is 0.0394. The Bertz CT molecular complexity index is 648. The molecule has 0 spiro atoms. The van der Waals surface area contributed by atoms with E-state index in [1.165, 1.54) is 11.1 Å². The first-order valence-electron chi connectivity index (χ1n) is 7.44. The van der Waals surface area contributed by atoms with Gasteiger partial charge in [-0.25, -0.2) is 0 Å². The molecule has 0 aliphatic carbocycles. The van der Waals surface area contributed by atoms with Gasteiger partial charge in [-0.15, -0.1) is 0 Å². The van der Waals surface area contributed by atoms with E-state index in [0.29, 0.717) is 6.54 Å². The van der Waals surface area contributed by atoms with Gasteiger partial charge in [-0.2, -0.15) is 0 Å². The molecule has 112 valence electrons. The number of rotatable bonds is 4. The van der Waals surface area contributed by atoms with Gasteiger partial charge in [-0.1, -0.05) is 45.0 Å². The maximum absolute atomic E-state index is 11.5. The first-order chi connectivity index (χ1) is 9.90. The fraction of sp³-hybridized carbons (Fsp3) is 0.389. The highest BCUT2D eigenvalue weighted by atomic mass is 16.1. The van der Waals surface area contributed by atoms with E-state index in [9.17, 15) is 4.79 Å². The van der Waals surface area contributed by atoms with Crippen molar-refractivity contribution < 1.29 is 0 Å². The summed E-state index contributed by atoms with van der Waals surface area (Å²) >= 11 is 0. The summed E-state index contributed by atoms with van der Waals surface area (Å²) < 4.78 is 1.70. The van der Waals surface area contributed by atoms with E-state index in [-0.39, 0.29) is 11.0 Å². The summed E-state index contributed by atoms with van der Waals surface area (Å²) in [6, 6.07) is 12.1. The van der Waals surface area contributed by atoms with Crippen LogP contribution in [0.15, 0.2) is 47.4 Å². The molecule has 3 heteroatoms. The Kier molecular flexibility index (Phi) is 4.51. The maximum Gasteiger partial charge on any atom is 0.250 e. The number of pyridine rings is 1. The molecule has 0 atom stereocenters. The monoisotopic (exact) mass is 284 g/mol. The molecule has 1 aromatic heterocycles. The van der Waals surface area contributed by atoms with Crippen LogP contribution in [-0.2, 0) is 18.5 Å². The zero-order valence-corrected chi connectivity index (χ0v) is 13.3. The average molecular weight is 284 g/mol. The van der Waals surface area contributed by atoms with Crippen LogP contribution in [0, 0.1) is 0 Å². The lowest BCUT2D eigenvalue weighted by atomic mass is 9.87. The average Bonchev–Trinajstić information content (AvgIpc) is 2.46. The standard InChI is InChI=1S/C18H24N2O/c1-5-20-13-16(10-11-17(20)21)19-12-14-6-8-15(9-7-14)18(2,3)4/h6-11,13,19H,5,12H2,1-4H3. The van der Waals surface area contributed by atoms with Crippen molar-refractivity contribution >= 4 is 5.69 Å². The highest BCUT2D eigenvalue weighted by molar-refractivity contribution is 5.41. The zero-order valence-electron chi connectivity index (χ0n) is 13.3. The molecule has 1 N–H and O–H groups in total. The van der Waals surface area contributed by atoms with E-state index in [1.54, 1.807) is 10.6 Å². The Morgan fingerprint density at radius 1 is 1.05 bits per heavy atom. The molecule has 3 nitrogen and oxygen atoms in total. The molecule has 0 radical (unpaired) electrons. The van der Waals surface area contributed by atoms with Crippen molar-refractivity contribution in [1.82, 2.24) is 4.57 Å². The van der Waals surface area contributed by atoms with Crippen molar-refractivity contribution in [3.8, 4) is 0 Å². The van der Waals surface area contributed by atoms with Crippen LogP contribution in [0.4, 0.5) is 5.69 Å². The summed E-state index contributed by atoms with van der Waals surface area (Å²) in [4.78, 5) is 11.5. The summed E-state index contributed by atoms with van der Waals surface area (Å²) in [6.07, 6.45) is 1.87. The first kappa shape index (κ1) is 15.4. The lowest BCUT2D eigenvalue weighted by molar-refractivity contribution is 0.590. The number of aromatic nitrogens is 1. The number of aryl methyl sites for hydroxylation is 1. The summed E-state index contributed by atoms with van der Waals surface area (Å²) in [5.41, 5.74) is 3.76. The third-order valence-corrected chi connectivity index (χ3v) is 3.64. The van der Waals surface area contributed by atoms with E-state index in [4.69, 9.17) is 0 Å². The van der Waals surface area contributed by atoms with E-state index in [1.807, 2.05) is 19.2 Å². The first-order valence-corrected chi connectivity index (χ1v) is 7.44.